The van der Waals surface area contributed by atoms with Crippen molar-refractivity contribution in [2.24, 2.45) is 10.9 Å². The van der Waals surface area contributed by atoms with Crippen LogP contribution >= 0.6 is 0 Å². The standard InChI is InChI=1S/C14H14N2O2/c1-10-9-11(14(15)16-17)7-8-13(10)18-12-5-3-2-4-6-12/h2-9,17H,1H3,(H2,15,16). The van der Waals surface area contributed by atoms with Gasteiger partial charge in [-0.3, -0.25) is 0 Å². The lowest BCUT2D eigenvalue weighted by atomic mass is 10.1. The third-order valence-corrected chi connectivity index (χ3v) is 2.55. The summed E-state index contributed by atoms with van der Waals surface area (Å²) in [6, 6.07) is 14.9. The molecule has 2 aromatic rings. The van der Waals surface area contributed by atoms with E-state index < -0.39 is 0 Å². The summed E-state index contributed by atoms with van der Waals surface area (Å²) in [5, 5.41) is 11.6. The summed E-state index contributed by atoms with van der Waals surface area (Å²) in [6.45, 7) is 1.91. The molecule has 0 aliphatic carbocycles. The van der Waals surface area contributed by atoms with Crippen molar-refractivity contribution in [2.75, 3.05) is 0 Å². The quantitative estimate of drug-likeness (QED) is 0.376. The van der Waals surface area contributed by atoms with E-state index in [1.807, 2.05) is 43.3 Å². The molecule has 92 valence electrons. The molecule has 4 heteroatoms. The van der Waals surface area contributed by atoms with Crippen LogP contribution in [0, 0.1) is 6.92 Å². The van der Waals surface area contributed by atoms with Gasteiger partial charge in [-0.05, 0) is 42.8 Å². The lowest BCUT2D eigenvalue weighted by Gasteiger charge is -2.09. The molecule has 0 amide bonds. The van der Waals surface area contributed by atoms with Crippen molar-refractivity contribution in [3.05, 3.63) is 59.7 Å². The highest BCUT2D eigenvalue weighted by Gasteiger charge is 2.05. The summed E-state index contributed by atoms with van der Waals surface area (Å²) in [5.74, 6) is 1.61. The summed E-state index contributed by atoms with van der Waals surface area (Å²) in [7, 11) is 0. The highest BCUT2D eigenvalue weighted by Crippen LogP contribution is 2.25. The van der Waals surface area contributed by atoms with E-state index >= 15 is 0 Å². The Balaban J connectivity index is 2.26. The van der Waals surface area contributed by atoms with Crippen LogP contribution < -0.4 is 10.5 Å². The van der Waals surface area contributed by atoms with Crippen LogP contribution in [-0.4, -0.2) is 11.0 Å². The zero-order valence-corrected chi connectivity index (χ0v) is 10.00. The number of hydrogen-bond acceptors (Lipinski definition) is 3. The Morgan fingerprint density at radius 1 is 1.17 bits per heavy atom. The van der Waals surface area contributed by atoms with E-state index in [1.54, 1.807) is 12.1 Å². The maximum atomic E-state index is 8.62. The second-order valence-corrected chi connectivity index (χ2v) is 3.88. The predicted molar refractivity (Wildman–Crippen MR) is 70.2 cm³/mol. The molecular weight excluding hydrogens is 228 g/mol. The molecule has 2 rings (SSSR count). The average molecular weight is 242 g/mol. The summed E-state index contributed by atoms with van der Waals surface area (Å²) in [5.41, 5.74) is 7.11. The molecule has 0 atom stereocenters. The van der Waals surface area contributed by atoms with Gasteiger partial charge in [0.15, 0.2) is 5.84 Å². The number of ether oxygens (including phenoxy) is 1. The number of nitrogens with two attached hydrogens (primary N) is 1. The lowest BCUT2D eigenvalue weighted by Crippen LogP contribution is -2.13. The number of para-hydroxylation sites is 1. The van der Waals surface area contributed by atoms with Crippen molar-refractivity contribution in [3.63, 3.8) is 0 Å². The van der Waals surface area contributed by atoms with Gasteiger partial charge in [-0.2, -0.15) is 0 Å². The third-order valence-electron chi connectivity index (χ3n) is 2.55. The molecule has 0 radical (unpaired) electrons. The van der Waals surface area contributed by atoms with E-state index in [-0.39, 0.29) is 5.84 Å². The topological polar surface area (TPSA) is 67.8 Å². The van der Waals surface area contributed by atoms with Crippen LogP contribution in [0.4, 0.5) is 0 Å². The predicted octanol–water partition coefficient (Wildman–Crippen LogP) is 2.88. The molecule has 0 fully saturated rings. The Morgan fingerprint density at radius 3 is 2.50 bits per heavy atom. The highest BCUT2D eigenvalue weighted by atomic mass is 16.5. The fourth-order valence-electron chi connectivity index (χ4n) is 1.60. The molecule has 0 heterocycles. The maximum absolute atomic E-state index is 8.62. The Bertz CT molecular complexity index is 565. The summed E-state index contributed by atoms with van der Waals surface area (Å²) < 4.78 is 5.73. The molecule has 18 heavy (non-hydrogen) atoms. The molecule has 0 saturated heterocycles. The first-order chi connectivity index (χ1) is 8.70. The Labute approximate surface area is 105 Å². The minimum absolute atomic E-state index is 0.0874. The van der Waals surface area contributed by atoms with Crippen molar-refractivity contribution >= 4 is 5.84 Å². The van der Waals surface area contributed by atoms with Crippen molar-refractivity contribution in [2.45, 2.75) is 6.92 Å². The van der Waals surface area contributed by atoms with Gasteiger partial charge in [0.2, 0.25) is 0 Å². The van der Waals surface area contributed by atoms with Gasteiger partial charge in [0.05, 0.1) is 0 Å². The van der Waals surface area contributed by atoms with Crippen LogP contribution in [-0.2, 0) is 0 Å². The monoisotopic (exact) mass is 242 g/mol. The van der Waals surface area contributed by atoms with Crippen molar-refractivity contribution in [1.82, 2.24) is 0 Å². The Kier molecular flexibility index (Phi) is 3.48. The Morgan fingerprint density at radius 2 is 1.89 bits per heavy atom. The smallest absolute Gasteiger partial charge is 0.170 e. The number of nitrogens with zero attached hydrogens (tertiary/aromatic N) is 1. The van der Waals surface area contributed by atoms with Crippen molar-refractivity contribution < 1.29 is 9.94 Å². The van der Waals surface area contributed by atoms with Gasteiger partial charge >= 0.3 is 0 Å². The number of oxime groups is 1. The van der Waals surface area contributed by atoms with Gasteiger partial charge in [0.25, 0.3) is 0 Å². The fraction of sp³-hybridized carbons (Fsp3) is 0.0714. The van der Waals surface area contributed by atoms with Gasteiger partial charge in [0, 0.05) is 5.56 Å². The molecule has 0 unspecified atom stereocenters. The molecule has 0 spiro atoms. The van der Waals surface area contributed by atoms with Crippen molar-refractivity contribution in [1.29, 1.82) is 0 Å². The van der Waals surface area contributed by atoms with Crippen LogP contribution in [0.25, 0.3) is 0 Å². The number of hydrogen-bond donors (Lipinski definition) is 2. The Hall–Kier alpha value is -2.49. The number of aryl methyl sites for hydroxylation is 1. The van der Waals surface area contributed by atoms with Gasteiger partial charge in [0.1, 0.15) is 11.5 Å². The van der Waals surface area contributed by atoms with E-state index in [9.17, 15) is 0 Å². The molecule has 0 bridgehead atoms. The van der Waals surface area contributed by atoms with Crippen molar-refractivity contribution in [3.8, 4) is 11.5 Å². The number of benzene rings is 2. The normalized spacial score (nSPS) is 11.3. The van der Waals surface area contributed by atoms with E-state index in [0.29, 0.717) is 5.56 Å². The first-order valence-corrected chi connectivity index (χ1v) is 5.52. The summed E-state index contributed by atoms with van der Waals surface area (Å²) in [4.78, 5) is 0. The van der Waals surface area contributed by atoms with E-state index in [4.69, 9.17) is 15.7 Å². The van der Waals surface area contributed by atoms with Crippen LogP contribution in [0.2, 0.25) is 0 Å². The first kappa shape index (κ1) is 12.0. The van der Waals surface area contributed by atoms with E-state index in [0.717, 1.165) is 17.1 Å². The molecule has 0 aliphatic rings. The zero-order chi connectivity index (χ0) is 13.0. The molecule has 3 N–H and O–H groups in total. The summed E-state index contributed by atoms with van der Waals surface area (Å²) in [6.07, 6.45) is 0. The van der Waals surface area contributed by atoms with Crippen LogP contribution in [0.5, 0.6) is 11.5 Å². The second kappa shape index (κ2) is 5.23. The van der Waals surface area contributed by atoms with Gasteiger partial charge in [-0.25, -0.2) is 0 Å². The molecule has 0 aromatic heterocycles. The van der Waals surface area contributed by atoms with E-state index in [1.165, 1.54) is 0 Å². The zero-order valence-electron chi connectivity index (χ0n) is 10.00. The first-order valence-electron chi connectivity index (χ1n) is 5.52. The van der Waals surface area contributed by atoms with Gasteiger partial charge in [-0.15, -0.1) is 0 Å². The fourth-order valence-corrected chi connectivity index (χ4v) is 1.60. The van der Waals surface area contributed by atoms with E-state index in [2.05, 4.69) is 5.16 Å². The van der Waals surface area contributed by atoms with Crippen LogP contribution in [0.1, 0.15) is 11.1 Å². The minimum Gasteiger partial charge on any atom is -0.457 e. The van der Waals surface area contributed by atoms with Gasteiger partial charge < -0.3 is 15.7 Å². The minimum atomic E-state index is 0.0874. The largest absolute Gasteiger partial charge is 0.457 e. The number of amidine groups is 1. The lowest BCUT2D eigenvalue weighted by molar-refractivity contribution is 0.318. The molecule has 2 aromatic carbocycles. The molecule has 4 nitrogen and oxygen atoms in total. The maximum Gasteiger partial charge on any atom is 0.170 e. The van der Waals surface area contributed by atoms with Crippen LogP contribution in [0.15, 0.2) is 53.7 Å². The summed E-state index contributed by atoms with van der Waals surface area (Å²) >= 11 is 0. The molecular formula is C14H14N2O2. The SMILES string of the molecule is Cc1cc(/C(N)=N/O)ccc1Oc1ccccc1. The highest BCUT2D eigenvalue weighted by molar-refractivity contribution is 5.97. The van der Waals surface area contributed by atoms with Gasteiger partial charge in [-0.1, -0.05) is 23.4 Å². The third kappa shape index (κ3) is 2.60. The number of rotatable bonds is 3. The average Bonchev–Trinajstić information content (AvgIpc) is 2.41. The van der Waals surface area contributed by atoms with Crippen LogP contribution in [0.3, 0.4) is 0 Å². The second-order valence-electron chi connectivity index (χ2n) is 3.88. The molecule has 0 aliphatic heterocycles. The molecule has 0 saturated carbocycles.